The summed E-state index contributed by atoms with van der Waals surface area (Å²) >= 11 is 0. The molecule has 0 fully saturated rings. The molecular formula is C14H27NO8. The first kappa shape index (κ1) is 21.7. The van der Waals surface area contributed by atoms with Crippen molar-refractivity contribution in [2.24, 2.45) is 0 Å². The van der Waals surface area contributed by atoms with Crippen LogP contribution in [0.25, 0.3) is 0 Å². The van der Waals surface area contributed by atoms with E-state index in [0.29, 0.717) is 72.4 Å². The van der Waals surface area contributed by atoms with Gasteiger partial charge in [-0.1, -0.05) is 0 Å². The number of carboxylic acids is 1. The van der Waals surface area contributed by atoms with Crippen LogP contribution in [-0.2, 0) is 33.3 Å². The van der Waals surface area contributed by atoms with Gasteiger partial charge in [-0.3, -0.25) is 9.59 Å². The second-order valence-corrected chi connectivity index (χ2v) is 4.28. The Balaban J connectivity index is 2.97. The lowest BCUT2D eigenvalue weighted by atomic mass is 10.5. The quantitative estimate of drug-likeness (QED) is 0.235. The van der Waals surface area contributed by atoms with E-state index in [2.05, 4.69) is 5.32 Å². The van der Waals surface area contributed by atoms with Crippen molar-refractivity contribution < 1.29 is 38.4 Å². The zero-order valence-corrected chi connectivity index (χ0v) is 13.4. The van der Waals surface area contributed by atoms with Gasteiger partial charge in [-0.25, -0.2) is 0 Å². The minimum atomic E-state index is -0.872. The summed E-state index contributed by atoms with van der Waals surface area (Å²) in [6.45, 7) is 4.78. The molecule has 0 aromatic carbocycles. The van der Waals surface area contributed by atoms with Gasteiger partial charge in [0.15, 0.2) is 0 Å². The number of amides is 1. The van der Waals surface area contributed by atoms with Gasteiger partial charge in [0.05, 0.1) is 72.5 Å². The summed E-state index contributed by atoms with van der Waals surface area (Å²) in [4.78, 5) is 20.2. The number of aliphatic carboxylic acids is 1. The average molecular weight is 337 g/mol. The van der Waals surface area contributed by atoms with Crippen molar-refractivity contribution in [1.29, 1.82) is 0 Å². The van der Waals surface area contributed by atoms with E-state index in [1.807, 2.05) is 0 Å². The largest absolute Gasteiger partial charge is 0.481 e. The molecule has 1 amide bonds. The van der Waals surface area contributed by atoms with Crippen LogP contribution in [0.1, 0.15) is 6.42 Å². The summed E-state index contributed by atoms with van der Waals surface area (Å²) in [5, 5.41) is 10.9. The van der Waals surface area contributed by atoms with Crippen LogP contribution >= 0.6 is 0 Å². The number of carbonyl (C=O) groups excluding carboxylic acids is 1. The zero-order valence-electron chi connectivity index (χ0n) is 13.4. The SMILES string of the molecule is O=CNCCOCCOCCOCCOCCOCCC(=O)O. The smallest absolute Gasteiger partial charge is 0.305 e. The second kappa shape index (κ2) is 18.8. The van der Waals surface area contributed by atoms with Crippen molar-refractivity contribution in [2.45, 2.75) is 6.42 Å². The van der Waals surface area contributed by atoms with Crippen LogP contribution in [0, 0.1) is 0 Å². The van der Waals surface area contributed by atoms with Crippen LogP contribution in [0.15, 0.2) is 0 Å². The van der Waals surface area contributed by atoms with Crippen LogP contribution in [0.2, 0.25) is 0 Å². The van der Waals surface area contributed by atoms with Crippen LogP contribution < -0.4 is 5.32 Å². The number of ether oxygens (including phenoxy) is 5. The highest BCUT2D eigenvalue weighted by molar-refractivity contribution is 5.66. The molecule has 2 N–H and O–H groups in total. The minimum Gasteiger partial charge on any atom is -0.481 e. The van der Waals surface area contributed by atoms with Gasteiger partial charge in [0.1, 0.15) is 0 Å². The van der Waals surface area contributed by atoms with E-state index < -0.39 is 5.97 Å². The Morgan fingerprint density at radius 3 is 1.52 bits per heavy atom. The average Bonchev–Trinajstić information content (AvgIpc) is 2.53. The topological polar surface area (TPSA) is 113 Å². The third-order valence-corrected chi connectivity index (χ3v) is 2.42. The fourth-order valence-electron chi connectivity index (χ4n) is 1.33. The molecule has 0 aromatic rings. The Kier molecular flexibility index (Phi) is 17.8. The molecule has 0 heterocycles. The van der Waals surface area contributed by atoms with Gasteiger partial charge in [0.2, 0.25) is 6.41 Å². The molecule has 0 aromatic heterocycles. The minimum absolute atomic E-state index is 0.00375. The van der Waals surface area contributed by atoms with E-state index in [0.717, 1.165) is 0 Å². The molecule has 0 rings (SSSR count). The number of carboxylic acid groups (broad SMARTS) is 1. The maximum Gasteiger partial charge on any atom is 0.305 e. The molecular weight excluding hydrogens is 310 g/mol. The van der Waals surface area contributed by atoms with Gasteiger partial charge in [0, 0.05) is 6.54 Å². The number of hydrogen-bond donors (Lipinski definition) is 2. The third-order valence-electron chi connectivity index (χ3n) is 2.42. The highest BCUT2D eigenvalue weighted by Crippen LogP contribution is 1.85. The van der Waals surface area contributed by atoms with E-state index in [9.17, 15) is 9.59 Å². The predicted molar refractivity (Wildman–Crippen MR) is 80.4 cm³/mol. The predicted octanol–water partition coefficient (Wildman–Crippen LogP) is -0.710. The first-order chi connectivity index (χ1) is 11.3. The molecule has 0 radical (unpaired) electrons. The number of rotatable bonds is 19. The molecule has 9 nitrogen and oxygen atoms in total. The van der Waals surface area contributed by atoms with Gasteiger partial charge in [0.25, 0.3) is 0 Å². The first-order valence-corrected chi connectivity index (χ1v) is 7.55. The number of carbonyl (C=O) groups is 2. The summed E-state index contributed by atoms with van der Waals surface area (Å²) in [6, 6.07) is 0. The highest BCUT2D eigenvalue weighted by Gasteiger charge is 1.96. The van der Waals surface area contributed by atoms with Gasteiger partial charge in [-0.05, 0) is 0 Å². The lowest BCUT2D eigenvalue weighted by Gasteiger charge is -2.07. The standard InChI is InChI=1S/C14H27NO8/c16-13-15-2-4-20-6-8-22-10-12-23-11-9-21-7-5-19-3-1-14(17)18/h13H,1-12H2,(H,15,16)(H,17,18). The van der Waals surface area contributed by atoms with Gasteiger partial charge in [-0.15, -0.1) is 0 Å². The van der Waals surface area contributed by atoms with Crippen molar-refractivity contribution in [1.82, 2.24) is 5.32 Å². The zero-order chi connectivity index (χ0) is 17.0. The maximum atomic E-state index is 10.2. The lowest BCUT2D eigenvalue weighted by Crippen LogP contribution is -2.19. The Labute approximate surface area is 136 Å². The maximum absolute atomic E-state index is 10.2. The summed E-state index contributed by atoms with van der Waals surface area (Å²) in [6.07, 6.45) is 0.636. The fourth-order valence-corrected chi connectivity index (χ4v) is 1.33. The third kappa shape index (κ3) is 20.7. The first-order valence-electron chi connectivity index (χ1n) is 7.55. The Morgan fingerprint density at radius 1 is 0.739 bits per heavy atom. The molecule has 0 bridgehead atoms. The molecule has 0 spiro atoms. The van der Waals surface area contributed by atoms with Gasteiger partial charge < -0.3 is 34.1 Å². The van der Waals surface area contributed by atoms with Crippen LogP contribution in [0.4, 0.5) is 0 Å². The molecule has 136 valence electrons. The van der Waals surface area contributed by atoms with E-state index in [1.54, 1.807) is 0 Å². The molecule has 0 aliphatic heterocycles. The number of hydrogen-bond acceptors (Lipinski definition) is 7. The number of nitrogens with one attached hydrogen (secondary N) is 1. The van der Waals surface area contributed by atoms with E-state index in [1.165, 1.54) is 0 Å². The summed E-state index contributed by atoms with van der Waals surface area (Å²) < 4.78 is 26.1. The van der Waals surface area contributed by atoms with Gasteiger partial charge >= 0.3 is 5.97 Å². The van der Waals surface area contributed by atoms with Gasteiger partial charge in [-0.2, -0.15) is 0 Å². The second-order valence-electron chi connectivity index (χ2n) is 4.28. The van der Waals surface area contributed by atoms with Crippen molar-refractivity contribution >= 4 is 12.4 Å². The van der Waals surface area contributed by atoms with Crippen LogP contribution in [0.3, 0.4) is 0 Å². The molecule has 0 aliphatic rings. The van der Waals surface area contributed by atoms with Crippen LogP contribution in [0.5, 0.6) is 0 Å². The Bertz CT molecular complexity index is 278. The highest BCUT2D eigenvalue weighted by atomic mass is 16.6. The molecule has 9 heteroatoms. The van der Waals surface area contributed by atoms with Crippen molar-refractivity contribution in [2.75, 3.05) is 72.6 Å². The molecule has 0 saturated heterocycles. The summed E-state index contributed by atoms with van der Waals surface area (Å²) in [5.74, 6) is -0.872. The van der Waals surface area contributed by atoms with Crippen molar-refractivity contribution in [3.05, 3.63) is 0 Å². The molecule has 0 saturated carbocycles. The Morgan fingerprint density at radius 2 is 1.13 bits per heavy atom. The van der Waals surface area contributed by atoms with Crippen molar-refractivity contribution in [3.63, 3.8) is 0 Å². The summed E-state index contributed by atoms with van der Waals surface area (Å²) in [5.41, 5.74) is 0. The van der Waals surface area contributed by atoms with E-state index in [-0.39, 0.29) is 13.0 Å². The molecule has 0 aliphatic carbocycles. The van der Waals surface area contributed by atoms with Crippen LogP contribution in [-0.4, -0.2) is 90.1 Å². The molecule has 23 heavy (non-hydrogen) atoms. The van der Waals surface area contributed by atoms with E-state index >= 15 is 0 Å². The normalized spacial score (nSPS) is 10.6. The molecule has 0 atom stereocenters. The summed E-state index contributed by atoms with van der Waals surface area (Å²) in [7, 11) is 0. The van der Waals surface area contributed by atoms with E-state index in [4.69, 9.17) is 28.8 Å². The fraction of sp³-hybridized carbons (Fsp3) is 0.857. The van der Waals surface area contributed by atoms with Crippen molar-refractivity contribution in [3.8, 4) is 0 Å². The monoisotopic (exact) mass is 337 g/mol. The lowest BCUT2D eigenvalue weighted by molar-refractivity contribution is -0.138. The molecule has 0 unspecified atom stereocenters. The Hall–Kier alpha value is -1.26.